The van der Waals surface area contributed by atoms with Crippen LogP contribution in [0.2, 0.25) is 0 Å². The molecule has 4 unspecified atom stereocenters. The van der Waals surface area contributed by atoms with Gasteiger partial charge in [0.2, 0.25) is 0 Å². The molecule has 1 saturated heterocycles. The molecule has 0 bridgehead atoms. The number of aliphatic hydroxyl groups excluding tert-OH is 3. The highest BCUT2D eigenvalue weighted by Gasteiger charge is 2.49. The monoisotopic (exact) mass is 177 g/mol. The number of nitrogens with two attached hydrogens (primary N) is 1. The Morgan fingerprint density at radius 3 is 2.33 bits per heavy atom. The fraction of sp³-hybridized carbons (Fsp3) is 1.00. The molecule has 0 aromatic rings. The molecule has 1 rings (SSSR count). The third kappa shape index (κ3) is 1.34. The van der Waals surface area contributed by atoms with E-state index in [2.05, 4.69) is 0 Å². The van der Waals surface area contributed by atoms with Gasteiger partial charge in [0.15, 0.2) is 0 Å². The van der Waals surface area contributed by atoms with Crippen molar-refractivity contribution < 1.29 is 20.1 Å². The van der Waals surface area contributed by atoms with Crippen LogP contribution < -0.4 is 5.73 Å². The lowest BCUT2D eigenvalue weighted by Crippen LogP contribution is -2.46. The van der Waals surface area contributed by atoms with Crippen molar-refractivity contribution >= 4 is 0 Å². The zero-order valence-corrected chi connectivity index (χ0v) is 6.97. The molecule has 4 atom stereocenters. The summed E-state index contributed by atoms with van der Waals surface area (Å²) >= 11 is 0. The molecular weight excluding hydrogens is 162 g/mol. The van der Waals surface area contributed by atoms with E-state index in [1.165, 1.54) is 0 Å². The van der Waals surface area contributed by atoms with Gasteiger partial charge >= 0.3 is 0 Å². The van der Waals surface area contributed by atoms with Crippen LogP contribution in [0.1, 0.15) is 6.92 Å². The largest absolute Gasteiger partial charge is 0.394 e. The van der Waals surface area contributed by atoms with E-state index < -0.39 is 23.9 Å². The summed E-state index contributed by atoms with van der Waals surface area (Å²) in [5.74, 6) is 0. The summed E-state index contributed by atoms with van der Waals surface area (Å²) in [6.45, 7) is 1.41. The molecule has 1 aliphatic rings. The van der Waals surface area contributed by atoms with Gasteiger partial charge in [-0.3, -0.25) is 0 Å². The second-order valence-corrected chi connectivity index (χ2v) is 3.29. The van der Waals surface area contributed by atoms with Crippen LogP contribution in [-0.2, 0) is 4.74 Å². The van der Waals surface area contributed by atoms with Crippen molar-refractivity contribution in [3.05, 3.63) is 0 Å². The van der Waals surface area contributed by atoms with E-state index in [1.807, 2.05) is 0 Å². The Balaban J connectivity index is 2.72. The van der Waals surface area contributed by atoms with Gasteiger partial charge < -0.3 is 25.8 Å². The first kappa shape index (κ1) is 9.88. The number of rotatable bonds is 2. The smallest absolute Gasteiger partial charge is 0.112 e. The summed E-state index contributed by atoms with van der Waals surface area (Å²) in [5, 5.41) is 27.5. The van der Waals surface area contributed by atoms with E-state index in [1.54, 1.807) is 6.92 Å². The molecule has 0 radical (unpaired) electrons. The predicted octanol–water partition coefficient (Wildman–Crippen LogP) is -2.18. The van der Waals surface area contributed by atoms with Gasteiger partial charge in [0.05, 0.1) is 6.61 Å². The van der Waals surface area contributed by atoms with E-state index in [4.69, 9.17) is 15.6 Å². The fourth-order valence-corrected chi connectivity index (χ4v) is 1.36. The molecule has 12 heavy (non-hydrogen) atoms. The van der Waals surface area contributed by atoms with Crippen molar-refractivity contribution in [1.29, 1.82) is 0 Å². The molecule has 1 fully saturated rings. The summed E-state index contributed by atoms with van der Waals surface area (Å²) in [7, 11) is 0. The Kier molecular flexibility index (Phi) is 2.70. The molecular formula is C7H15NO4. The number of hydrogen-bond acceptors (Lipinski definition) is 5. The maximum absolute atomic E-state index is 9.45. The van der Waals surface area contributed by atoms with Crippen LogP contribution >= 0.6 is 0 Å². The van der Waals surface area contributed by atoms with E-state index in [9.17, 15) is 10.2 Å². The van der Waals surface area contributed by atoms with Crippen LogP contribution in [0.3, 0.4) is 0 Å². The highest BCUT2D eigenvalue weighted by Crippen LogP contribution is 2.29. The van der Waals surface area contributed by atoms with E-state index in [0.29, 0.717) is 0 Å². The molecule has 72 valence electrons. The van der Waals surface area contributed by atoms with Gasteiger partial charge in [-0.1, -0.05) is 0 Å². The zero-order valence-electron chi connectivity index (χ0n) is 6.97. The molecule has 0 amide bonds. The third-order valence-electron chi connectivity index (χ3n) is 2.34. The third-order valence-corrected chi connectivity index (χ3v) is 2.34. The molecule has 0 aliphatic carbocycles. The van der Waals surface area contributed by atoms with Crippen molar-refractivity contribution in [2.24, 2.45) is 5.73 Å². The summed E-state index contributed by atoms with van der Waals surface area (Å²) in [4.78, 5) is 0. The first-order valence-electron chi connectivity index (χ1n) is 3.90. The van der Waals surface area contributed by atoms with Crippen LogP contribution in [-0.4, -0.2) is 52.4 Å². The summed E-state index contributed by atoms with van der Waals surface area (Å²) < 4.78 is 5.20. The topological polar surface area (TPSA) is 95.9 Å². The van der Waals surface area contributed by atoms with Gasteiger partial charge in [-0.15, -0.1) is 0 Å². The second-order valence-electron chi connectivity index (χ2n) is 3.29. The number of aliphatic hydroxyl groups is 3. The lowest BCUT2D eigenvalue weighted by atomic mass is 9.97. The van der Waals surface area contributed by atoms with Gasteiger partial charge in [-0.25, -0.2) is 0 Å². The van der Waals surface area contributed by atoms with Gasteiger partial charge in [0.1, 0.15) is 23.9 Å². The SMILES string of the molecule is CC1(CN)OC(CO)C(O)C1O. The minimum atomic E-state index is -1.05. The minimum Gasteiger partial charge on any atom is -0.394 e. The first-order valence-corrected chi connectivity index (χ1v) is 3.90. The van der Waals surface area contributed by atoms with Crippen molar-refractivity contribution in [3.63, 3.8) is 0 Å². The number of ether oxygens (including phenoxy) is 1. The Morgan fingerprint density at radius 2 is 2.08 bits per heavy atom. The highest BCUT2D eigenvalue weighted by molar-refractivity contribution is 4.99. The fourth-order valence-electron chi connectivity index (χ4n) is 1.36. The highest BCUT2D eigenvalue weighted by atomic mass is 16.6. The zero-order chi connectivity index (χ0) is 9.35. The second kappa shape index (κ2) is 3.27. The quantitative estimate of drug-likeness (QED) is 0.384. The van der Waals surface area contributed by atoms with Gasteiger partial charge in [-0.05, 0) is 6.92 Å². The van der Waals surface area contributed by atoms with Crippen LogP contribution in [0.4, 0.5) is 0 Å². The summed E-state index contributed by atoms with van der Waals surface area (Å²) in [5.41, 5.74) is 4.42. The van der Waals surface area contributed by atoms with Gasteiger partial charge in [0.25, 0.3) is 0 Å². The Hall–Kier alpha value is -0.200. The lowest BCUT2D eigenvalue weighted by Gasteiger charge is -2.25. The van der Waals surface area contributed by atoms with Crippen molar-refractivity contribution in [1.82, 2.24) is 0 Å². The lowest BCUT2D eigenvalue weighted by molar-refractivity contribution is -0.0745. The molecule has 5 nitrogen and oxygen atoms in total. The molecule has 0 saturated carbocycles. The summed E-state index contributed by atoms with van der Waals surface area (Å²) in [6.07, 6.45) is -2.81. The average Bonchev–Trinajstić information content (AvgIpc) is 2.31. The maximum Gasteiger partial charge on any atom is 0.112 e. The molecule has 1 heterocycles. The first-order chi connectivity index (χ1) is 5.55. The van der Waals surface area contributed by atoms with E-state index in [0.717, 1.165) is 0 Å². The van der Waals surface area contributed by atoms with E-state index >= 15 is 0 Å². The van der Waals surface area contributed by atoms with Crippen molar-refractivity contribution in [2.75, 3.05) is 13.2 Å². The molecule has 1 aliphatic heterocycles. The molecule has 5 heteroatoms. The summed E-state index contributed by atoms with van der Waals surface area (Å²) in [6, 6.07) is 0. The Labute approximate surface area is 70.8 Å². The van der Waals surface area contributed by atoms with Crippen molar-refractivity contribution in [3.8, 4) is 0 Å². The van der Waals surface area contributed by atoms with Crippen LogP contribution in [0.15, 0.2) is 0 Å². The normalized spacial score (nSPS) is 48.2. The van der Waals surface area contributed by atoms with E-state index in [-0.39, 0.29) is 13.2 Å². The molecule has 5 N–H and O–H groups in total. The van der Waals surface area contributed by atoms with Gasteiger partial charge in [0, 0.05) is 6.54 Å². The Morgan fingerprint density at radius 1 is 1.50 bits per heavy atom. The standard InChI is InChI=1S/C7H15NO4/c1-7(3-8)6(11)5(10)4(2-9)12-7/h4-6,9-11H,2-3,8H2,1H3. The predicted molar refractivity (Wildman–Crippen MR) is 41.4 cm³/mol. The Bertz CT molecular complexity index is 165. The van der Waals surface area contributed by atoms with Crippen LogP contribution in [0.25, 0.3) is 0 Å². The molecule has 0 aromatic heterocycles. The maximum atomic E-state index is 9.45. The van der Waals surface area contributed by atoms with Crippen LogP contribution in [0, 0.1) is 0 Å². The molecule has 0 aromatic carbocycles. The molecule has 0 spiro atoms. The minimum absolute atomic E-state index is 0.113. The average molecular weight is 177 g/mol. The van der Waals surface area contributed by atoms with Crippen molar-refractivity contribution in [2.45, 2.75) is 30.8 Å². The van der Waals surface area contributed by atoms with Crippen LogP contribution in [0.5, 0.6) is 0 Å². The number of hydrogen-bond donors (Lipinski definition) is 4. The van der Waals surface area contributed by atoms with Gasteiger partial charge in [-0.2, -0.15) is 0 Å².